The van der Waals surface area contributed by atoms with E-state index in [4.69, 9.17) is 9.47 Å². The Labute approximate surface area is 172 Å². The van der Waals surface area contributed by atoms with Crippen LogP contribution < -0.4 is 14.8 Å². The predicted octanol–water partition coefficient (Wildman–Crippen LogP) is 2.38. The molecule has 0 atom stereocenters. The molecule has 1 aliphatic rings. The van der Waals surface area contributed by atoms with Crippen LogP contribution in [0.15, 0.2) is 48.0 Å². The first-order valence-electron chi connectivity index (χ1n) is 8.74. The molecule has 1 heterocycles. The maximum Gasteiger partial charge on any atom is 0.268 e. The SMILES string of the molecule is COc1ccc(NC(=O)CN2C(=O)C(C)=C(c3ccc(F)cc3)S2(=O)=O)c(OC)c1. The maximum absolute atomic E-state index is 13.2. The molecule has 0 saturated carbocycles. The molecule has 158 valence electrons. The second-order valence-electron chi connectivity index (χ2n) is 6.39. The third-order valence-electron chi connectivity index (χ3n) is 4.51. The standard InChI is InChI=1S/C20H19FN2O6S/c1-12-19(13-4-6-14(21)7-5-13)30(26,27)23(20(12)25)11-18(24)22-16-9-8-15(28-2)10-17(16)29-3/h4-10H,11H2,1-3H3,(H,22,24). The second-order valence-corrected chi connectivity index (χ2v) is 8.19. The van der Waals surface area contributed by atoms with Crippen molar-refractivity contribution >= 4 is 32.4 Å². The molecule has 0 spiro atoms. The molecular weight excluding hydrogens is 415 g/mol. The van der Waals surface area contributed by atoms with Crippen LogP contribution in [0.5, 0.6) is 11.5 Å². The Morgan fingerprint density at radius 2 is 1.77 bits per heavy atom. The zero-order valence-electron chi connectivity index (χ0n) is 16.4. The van der Waals surface area contributed by atoms with Gasteiger partial charge >= 0.3 is 0 Å². The fraction of sp³-hybridized carbons (Fsp3) is 0.200. The number of methoxy groups -OCH3 is 2. The fourth-order valence-electron chi connectivity index (χ4n) is 3.04. The van der Waals surface area contributed by atoms with Crippen molar-refractivity contribution < 1.29 is 31.9 Å². The lowest BCUT2D eigenvalue weighted by Crippen LogP contribution is -2.38. The average Bonchev–Trinajstić information content (AvgIpc) is 2.88. The summed E-state index contributed by atoms with van der Waals surface area (Å²) in [5, 5.41) is 2.53. The quantitative estimate of drug-likeness (QED) is 0.749. The molecule has 0 aromatic heterocycles. The Morgan fingerprint density at radius 3 is 2.37 bits per heavy atom. The van der Waals surface area contributed by atoms with Gasteiger partial charge in [-0.3, -0.25) is 9.59 Å². The normalized spacial score (nSPS) is 15.3. The number of sulfonamides is 1. The Balaban J connectivity index is 1.83. The highest BCUT2D eigenvalue weighted by Crippen LogP contribution is 2.35. The first kappa shape index (κ1) is 21.3. The molecule has 10 heteroatoms. The number of hydrogen-bond donors (Lipinski definition) is 1. The third kappa shape index (κ3) is 3.86. The van der Waals surface area contributed by atoms with Gasteiger partial charge in [-0.05, 0) is 36.8 Å². The van der Waals surface area contributed by atoms with Gasteiger partial charge in [0.25, 0.3) is 15.9 Å². The maximum atomic E-state index is 13.2. The summed E-state index contributed by atoms with van der Waals surface area (Å²) in [6.45, 7) is 0.626. The minimum atomic E-state index is -4.28. The van der Waals surface area contributed by atoms with Gasteiger partial charge in [0.15, 0.2) is 0 Å². The Hall–Kier alpha value is -3.40. The summed E-state index contributed by atoms with van der Waals surface area (Å²) >= 11 is 0. The molecule has 0 saturated heterocycles. The summed E-state index contributed by atoms with van der Waals surface area (Å²) in [5.41, 5.74) is 0.411. The number of halogens is 1. The van der Waals surface area contributed by atoms with E-state index in [0.29, 0.717) is 15.8 Å². The molecule has 0 unspecified atom stereocenters. The molecule has 2 aromatic carbocycles. The van der Waals surface area contributed by atoms with Crippen molar-refractivity contribution in [3.05, 3.63) is 59.4 Å². The van der Waals surface area contributed by atoms with Crippen LogP contribution >= 0.6 is 0 Å². The topological polar surface area (TPSA) is 102 Å². The number of anilines is 1. The van der Waals surface area contributed by atoms with E-state index in [1.54, 1.807) is 12.1 Å². The van der Waals surface area contributed by atoms with E-state index in [9.17, 15) is 22.4 Å². The Bertz CT molecular complexity index is 1140. The minimum Gasteiger partial charge on any atom is -0.497 e. The van der Waals surface area contributed by atoms with E-state index in [1.165, 1.54) is 39.3 Å². The number of hydrogen-bond acceptors (Lipinski definition) is 6. The minimum absolute atomic E-state index is 0.0450. The molecular formula is C20H19FN2O6S. The van der Waals surface area contributed by atoms with E-state index >= 15 is 0 Å². The highest BCUT2D eigenvalue weighted by Gasteiger charge is 2.43. The smallest absolute Gasteiger partial charge is 0.268 e. The molecule has 0 bridgehead atoms. The van der Waals surface area contributed by atoms with Gasteiger partial charge in [-0.25, -0.2) is 17.1 Å². The first-order chi connectivity index (χ1) is 14.2. The van der Waals surface area contributed by atoms with Gasteiger partial charge in [-0.2, -0.15) is 0 Å². The van der Waals surface area contributed by atoms with E-state index in [2.05, 4.69) is 5.32 Å². The van der Waals surface area contributed by atoms with Crippen molar-refractivity contribution in [2.24, 2.45) is 0 Å². The number of carbonyl (C=O) groups excluding carboxylic acids is 2. The van der Waals surface area contributed by atoms with Gasteiger partial charge in [0, 0.05) is 11.6 Å². The van der Waals surface area contributed by atoms with Crippen molar-refractivity contribution in [1.82, 2.24) is 4.31 Å². The summed E-state index contributed by atoms with van der Waals surface area (Å²) in [6.07, 6.45) is 0. The lowest BCUT2D eigenvalue weighted by atomic mass is 10.1. The van der Waals surface area contributed by atoms with E-state index in [0.717, 1.165) is 12.1 Å². The van der Waals surface area contributed by atoms with Gasteiger partial charge in [-0.15, -0.1) is 0 Å². The largest absolute Gasteiger partial charge is 0.497 e. The van der Waals surface area contributed by atoms with Gasteiger partial charge in [0.05, 0.1) is 19.9 Å². The summed E-state index contributed by atoms with van der Waals surface area (Å²) in [4.78, 5) is 24.8. The first-order valence-corrected chi connectivity index (χ1v) is 10.2. The van der Waals surface area contributed by atoms with E-state index < -0.39 is 34.2 Å². The van der Waals surface area contributed by atoms with Crippen LogP contribution in [0.4, 0.5) is 10.1 Å². The third-order valence-corrected chi connectivity index (χ3v) is 6.45. The number of benzene rings is 2. The molecule has 1 N–H and O–H groups in total. The zero-order chi connectivity index (χ0) is 22.1. The molecule has 1 aliphatic heterocycles. The van der Waals surface area contributed by atoms with E-state index in [1.807, 2.05) is 0 Å². The van der Waals surface area contributed by atoms with Crippen molar-refractivity contribution in [2.75, 3.05) is 26.1 Å². The molecule has 8 nitrogen and oxygen atoms in total. The molecule has 2 amide bonds. The van der Waals surface area contributed by atoms with E-state index in [-0.39, 0.29) is 21.7 Å². The monoisotopic (exact) mass is 434 g/mol. The van der Waals surface area contributed by atoms with Crippen LogP contribution in [0, 0.1) is 5.82 Å². The average molecular weight is 434 g/mol. The second kappa shape index (κ2) is 8.15. The molecule has 0 radical (unpaired) electrons. The number of rotatable bonds is 6. The van der Waals surface area contributed by atoms with Crippen LogP contribution in [-0.2, 0) is 19.6 Å². The van der Waals surface area contributed by atoms with Gasteiger partial charge in [0.1, 0.15) is 28.8 Å². The lowest BCUT2D eigenvalue weighted by molar-refractivity contribution is -0.126. The number of nitrogens with one attached hydrogen (secondary N) is 1. The highest BCUT2D eigenvalue weighted by atomic mass is 32.2. The predicted molar refractivity (Wildman–Crippen MR) is 108 cm³/mol. The molecule has 30 heavy (non-hydrogen) atoms. The van der Waals surface area contributed by atoms with Crippen molar-refractivity contribution in [3.8, 4) is 11.5 Å². The summed E-state index contributed by atoms with van der Waals surface area (Å²) < 4.78 is 49.8. The summed E-state index contributed by atoms with van der Waals surface area (Å²) in [5.74, 6) is -1.27. The highest BCUT2D eigenvalue weighted by molar-refractivity contribution is 7.99. The van der Waals surface area contributed by atoms with Crippen LogP contribution in [0.25, 0.3) is 4.91 Å². The van der Waals surface area contributed by atoms with Crippen molar-refractivity contribution in [1.29, 1.82) is 0 Å². The summed E-state index contributed by atoms with van der Waals surface area (Å²) in [7, 11) is -1.40. The van der Waals surface area contributed by atoms with Gasteiger partial charge in [0.2, 0.25) is 5.91 Å². The van der Waals surface area contributed by atoms with Crippen molar-refractivity contribution in [3.63, 3.8) is 0 Å². The van der Waals surface area contributed by atoms with Crippen LogP contribution in [0.2, 0.25) is 0 Å². The van der Waals surface area contributed by atoms with Crippen LogP contribution in [0.3, 0.4) is 0 Å². The number of carbonyl (C=O) groups is 2. The Morgan fingerprint density at radius 1 is 1.10 bits per heavy atom. The molecule has 3 rings (SSSR count). The molecule has 2 aromatic rings. The molecule has 0 fully saturated rings. The van der Waals surface area contributed by atoms with Gasteiger partial charge < -0.3 is 14.8 Å². The Kier molecular flexibility index (Phi) is 5.79. The van der Waals surface area contributed by atoms with Crippen molar-refractivity contribution in [2.45, 2.75) is 6.92 Å². The van der Waals surface area contributed by atoms with Crippen LogP contribution in [-0.4, -0.2) is 45.3 Å². The number of nitrogens with zero attached hydrogens (tertiary/aromatic N) is 1. The summed E-state index contributed by atoms with van der Waals surface area (Å²) in [6, 6.07) is 9.40. The molecule has 0 aliphatic carbocycles. The van der Waals surface area contributed by atoms with Gasteiger partial charge in [-0.1, -0.05) is 12.1 Å². The van der Waals surface area contributed by atoms with Crippen LogP contribution in [0.1, 0.15) is 12.5 Å². The zero-order valence-corrected chi connectivity index (χ0v) is 17.2. The number of amides is 2. The lowest BCUT2D eigenvalue weighted by Gasteiger charge is -2.17. The fourth-order valence-corrected chi connectivity index (χ4v) is 4.81. The number of ether oxygens (including phenoxy) is 2.